The Morgan fingerprint density at radius 1 is 1.47 bits per heavy atom. The van der Waals surface area contributed by atoms with Crippen molar-refractivity contribution in [1.29, 1.82) is 0 Å². The summed E-state index contributed by atoms with van der Waals surface area (Å²) in [4.78, 5) is 11.7. The van der Waals surface area contributed by atoms with Crippen molar-refractivity contribution >= 4 is 5.97 Å². The van der Waals surface area contributed by atoms with Crippen LogP contribution in [0.5, 0.6) is 0 Å². The van der Waals surface area contributed by atoms with Crippen LogP contribution in [-0.4, -0.2) is 21.9 Å². The third-order valence-corrected chi connectivity index (χ3v) is 2.77. The Balaban J connectivity index is 1.91. The summed E-state index contributed by atoms with van der Waals surface area (Å²) in [6.45, 7) is 0. The van der Waals surface area contributed by atoms with Crippen molar-refractivity contribution < 1.29 is 9.53 Å². The van der Waals surface area contributed by atoms with Gasteiger partial charge in [0, 0.05) is 13.2 Å². The van der Waals surface area contributed by atoms with Gasteiger partial charge in [0.15, 0.2) is 0 Å². The van der Waals surface area contributed by atoms with Gasteiger partial charge in [0.25, 0.3) is 0 Å². The third-order valence-electron chi connectivity index (χ3n) is 2.77. The van der Waals surface area contributed by atoms with Crippen LogP contribution in [0.3, 0.4) is 0 Å². The largest absolute Gasteiger partial charge is 0.459 e. The first-order chi connectivity index (χ1) is 7.25. The molecule has 0 amide bonds. The van der Waals surface area contributed by atoms with E-state index in [2.05, 4.69) is 5.10 Å². The molecule has 1 aromatic rings. The van der Waals surface area contributed by atoms with Gasteiger partial charge in [-0.25, -0.2) is 4.79 Å². The van der Waals surface area contributed by atoms with Gasteiger partial charge < -0.3 is 4.74 Å². The number of ether oxygens (including phenoxy) is 1. The van der Waals surface area contributed by atoms with E-state index in [0.29, 0.717) is 5.56 Å². The maximum atomic E-state index is 11.7. The number of rotatable bonds is 2. The number of aryl methyl sites for hydroxylation is 1. The molecule has 0 radical (unpaired) electrons. The van der Waals surface area contributed by atoms with Crippen LogP contribution >= 0.6 is 0 Å². The minimum Gasteiger partial charge on any atom is -0.459 e. The van der Waals surface area contributed by atoms with E-state index in [4.69, 9.17) is 4.74 Å². The highest BCUT2D eigenvalue weighted by Crippen LogP contribution is 2.21. The first-order valence-corrected chi connectivity index (χ1v) is 5.45. The molecule has 1 heterocycles. The van der Waals surface area contributed by atoms with Crippen molar-refractivity contribution in [2.75, 3.05) is 0 Å². The SMILES string of the molecule is Cn1cc(C(=O)OC2CCCCC2)cn1. The average molecular weight is 208 g/mol. The van der Waals surface area contributed by atoms with Gasteiger partial charge in [0.1, 0.15) is 6.10 Å². The fraction of sp³-hybridized carbons (Fsp3) is 0.636. The second-order valence-corrected chi connectivity index (χ2v) is 4.07. The van der Waals surface area contributed by atoms with E-state index in [1.807, 2.05) is 0 Å². The Hall–Kier alpha value is -1.32. The average Bonchev–Trinajstić information content (AvgIpc) is 2.66. The van der Waals surface area contributed by atoms with E-state index in [1.165, 1.54) is 19.3 Å². The molecule has 4 nitrogen and oxygen atoms in total. The molecule has 0 bridgehead atoms. The van der Waals surface area contributed by atoms with Gasteiger partial charge in [-0.1, -0.05) is 6.42 Å². The Morgan fingerprint density at radius 2 is 2.20 bits per heavy atom. The molecular weight excluding hydrogens is 192 g/mol. The molecule has 15 heavy (non-hydrogen) atoms. The van der Waals surface area contributed by atoms with Crippen LogP contribution in [0.15, 0.2) is 12.4 Å². The molecule has 1 saturated carbocycles. The van der Waals surface area contributed by atoms with Crippen molar-refractivity contribution in [3.05, 3.63) is 18.0 Å². The standard InChI is InChI=1S/C11H16N2O2/c1-13-8-9(7-12-13)11(14)15-10-5-3-2-4-6-10/h7-8,10H,2-6H2,1H3. The van der Waals surface area contributed by atoms with Gasteiger partial charge >= 0.3 is 5.97 Å². The van der Waals surface area contributed by atoms with Crippen molar-refractivity contribution in [3.8, 4) is 0 Å². The van der Waals surface area contributed by atoms with Gasteiger partial charge in [-0.3, -0.25) is 4.68 Å². The highest BCUT2D eigenvalue weighted by atomic mass is 16.5. The van der Waals surface area contributed by atoms with Gasteiger partial charge in [-0.05, 0) is 25.7 Å². The molecular formula is C11H16N2O2. The number of carbonyl (C=O) groups is 1. The molecule has 0 aliphatic heterocycles. The number of hydrogen-bond donors (Lipinski definition) is 0. The molecule has 0 atom stereocenters. The summed E-state index contributed by atoms with van der Waals surface area (Å²) < 4.78 is 7.01. The maximum absolute atomic E-state index is 11.7. The smallest absolute Gasteiger partial charge is 0.341 e. The number of nitrogens with zero attached hydrogens (tertiary/aromatic N) is 2. The van der Waals surface area contributed by atoms with Crippen molar-refractivity contribution in [1.82, 2.24) is 9.78 Å². The van der Waals surface area contributed by atoms with Gasteiger partial charge in [-0.15, -0.1) is 0 Å². The predicted molar refractivity (Wildman–Crippen MR) is 55.5 cm³/mol. The van der Waals surface area contributed by atoms with Crippen molar-refractivity contribution in [2.24, 2.45) is 7.05 Å². The molecule has 0 aromatic carbocycles. The van der Waals surface area contributed by atoms with Crippen LogP contribution in [0.1, 0.15) is 42.5 Å². The maximum Gasteiger partial charge on any atom is 0.341 e. The van der Waals surface area contributed by atoms with Crippen LogP contribution in [0.2, 0.25) is 0 Å². The quantitative estimate of drug-likeness (QED) is 0.697. The minimum atomic E-state index is -0.241. The summed E-state index contributed by atoms with van der Waals surface area (Å²) in [5.41, 5.74) is 0.545. The van der Waals surface area contributed by atoms with Gasteiger partial charge in [0.05, 0.1) is 11.8 Å². The van der Waals surface area contributed by atoms with E-state index in [0.717, 1.165) is 12.8 Å². The molecule has 1 fully saturated rings. The Kier molecular flexibility index (Phi) is 3.04. The fourth-order valence-electron chi connectivity index (χ4n) is 1.93. The monoisotopic (exact) mass is 208 g/mol. The summed E-state index contributed by atoms with van der Waals surface area (Å²) >= 11 is 0. The zero-order chi connectivity index (χ0) is 10.7. The molecule has 0 N–H and O–H groups in total. The van der Waals surface area contributed by atoms with Gasteiger partial charge in [-0.2, -0.15) is 5.10 Å². The lowest BCUT2D eigenvalue weighted by Gasteiger charge is -2.21. The second kappa shape index (κ2) is 4.47. The van der Waals surface area contributed by atoms with E-state index in [9.17, 15) is 4.79 Å². The number of carbonyl (C=O) groups excluding carboxylic acids is 1. The molecule has 0 saturated heterocycles. The molecule has 4 heteroatoms. The molecule has 2 rings (SSSR count). The van der Waals surface area contributed by atoms with Crippen LogP contribution in [-0.2, 0) is 11.8 Å². The lowest BCUT2D eigenvalue weighted by Crippen LogP contribution is -2.20. The molecule has 82 valence electrons. The predicted octanol–water partition coefficient (Wildman–Crippen LogP) is 1.91. The van der Waals surface area contributed by atoms with Gasteiger partial charge in [0.2, 0.25) is 0 Å². The lowest BCUT2D eigenvalue weighted by molar-refractivity contribution is 0.0211. The second-order valence-electron chi connectivity index (χ2n) is 4.07. The fourth-order valence-corrected chi connectivity index (χ4v) is 1.93. The third kappa shape index (κ3) is 2.58. The number of hydrogen-bond acceptors (Lipinski definition) is 3. The van der Waals surface area contributed by atoms with Crippen molar-refractivity contribution in [3.63, 3.8) is 0 Å². The summed E-state index contributed by atoms with van der Waals surface area (Å²) in [6, 6.07) is 0. The molecule has 1 aromatic heterocycles. The zero-order valence-electron chi connectivity index (χ0n) is 8.98. The number of esters is 1. The van der Waals surface area contributed by atoms with Crippen LogP contribution < -0.4 is 0 Å². The van der Waals surface area contributed by atoms with E-state index in [1.54, 1.807) is 24.1 Å². The highest BCUT2D eigenvalue weighted by molar-refractivity contribution is 5.88. The van der Waals surface area contributed by atoms with E-state index in [-0.39, 0.29) is 12.1 Å². The van der Waals surface area contributed by atoms with Crippen LogP contribution in [0, 0.1) is 0 Å². The molecule has 1 aliphatic carbocycles. The summed E-state index contributed by atoms with van der Waals surface area (Å²) in [7, 11) is 1.79. The lowest BCUT2D eigenvalue weighted by atomic mass is 9.98. The van der Waals surface area contributed by atoms with E-state index >= 15 is 0 Å². The summed E-state index contributed by atoms with van der Waals surface area (Å²) in [6.07, 6.45) is 8.97. The van der Waals surface area contributed by atoms with E-state index < -0.39 is 0 Å². The zero-order valence-corrected chi connectivity index (χ0v) is 8.98. The van der Waals surface area contributed by atoms with Crippen molar-refractivity contribution in [2.45, 2.75) is 38.2 Å². The Morgan fingerprint density at radius 3 is 2.80 bits per heavy atom. The first kappa shape index (κ1) is 10.2. The van der Waals surface area contributed by atoms with Crippen LogP contribution in [0.25, 0.3) is 0 Å². The molecule has 0 spiro atoms. The highest BCUT2D eigenvalue weighted by Gasteiger charge is 2.19. The summed E-state index contributed by atoms with van der Waals surface area (Å²) in [5.74, 6) is -0.241. The number of aromatic nitrogens is 2. The minimum absolute atomic E-state index is 0.117. The molecule has 0 unspecified atom stereocenters. The Bertz CT molecular complexity index is 340. The molecule has 1 aliphatic rings. The summed E-state index contributed by atoms with van der Waals surface area (Å²) in [5, 5.41) is 3.95. The Labute approximate surface area is 89.2 Å². The topological polar surface area (TPSA) is 44.1 Å². The van der Waals surface area contributed by atoms with Crippen LogP contribution in [0.4, 0.5) is 0 Å². The normalized spacial score (nSPS) is 17.7. The first-order valence-electron chi connectivity index (χ1n) is 5.45.